The zero-order chi connectivity index (χ0) is 10.8. The molecule has 0 bridgehead atoms. The molecule has 1 aliphatic rings. The molecule has 1 aromatic rings. The van der Waals surface area contributed by atoms with Crippen LogP contribution in [-0.2, 0) is 4.74 Å². The number of aliphatic imine (C=N–C) groups is 1. The molecule has 0 spiro atoms. The average Bonchev–Trinajstić information content (AvgIpc) is 2.74. The molecule has 7 heteroatoms. The lowest BCUT2D eigenvalue weighted by Crippen LogP contribution is -2.43. The van der Waals surface area contributed by atoms with Gasteiger partial charge in [0.15, 0.2) is 12.2 Å². The molecule has 1 aromatic heterocycles. The minimum Gasteiger partial charge on any atom is -0.443 e. The van der Waals surface area contributed by atoms with Gasteiger partial charge in [-0.15, -0.1) is 0 Å². The number of nitrogens with zero attached hydrogens (tertiary/aromatic N) is 2. The Labute approximate surface area is 94.3 Å². The quantitative estimate of drug-likeness (QED) is 0.825. The van der Waals surface area contributed by atoms with Gasteiger partial charge in [0.05, 0.1) is 10.7 Å². The number of rotatable bonds is 2. The summed E-state index contributed by atoms with van der Waals surface area (Å²) in [5.41, 5.74) is 6.12. The standard InChI is InChI=1S/C8H9BrN4O2/c1-14-6-4(9)5(12-8(10)13-6)7-11-2-3-15-7/h2-3,6H,1H3,(H3,10,12,13). The van der Waals surface area contributed by atoms with Gasteiger partial charge in [-0.1, -0.05) is 0 Å². The first-order valence-corrected chi connectivity index (χ1v) is 4.94. The highest BCUT2D eigenvalue weighted by atomic mass is 79.9. The third-order valence-corrected chi connectivity index (χ3v) is 2.63. The summed E-state index contributed by atoms with van der Waals surface area (Å²) in [4.78, 5) is 8.08. The fourth-order valence-electron chi connectivity index (χ4n) is 1.18. The van der Waals surface area contributed by atoms with E-state index in [0.29, 0.717) is 16.1 Å². The molecular weight excluding hydrogens is 264 g/mol. The Kier molecular flexibility index (Phi) is 2.74. The summed E-state index contributed by atoms with van der Waals surface area (Å²) in [6.07, 6.45) is 2.64. The second kappa shape index (κ2) is 4.03. The fraction of sp³-hybridized carbons (Fsp3) is 0.250. The van der Waals surface area contributed by atoms with E-state index < -0.39 is 0 Å². The van der Waals surface area contributed by atoms with Gasteiger partial charge in [-0.05, 0) is 15.9 Å². The number of methoxy groups -OCH3 is 1. The van der Waals surface area contributed by atoms with E-state index in [-0.39, 0.29) is 12.2 Å². The number of nitrogens with two attached hydrogens (primary N) is 1. The topological polar surface area (TPSA) is 85.7 Å². The van der Waals surface area contributed by atoms with Gasteiger partial charge < -0.3 is 20.2 Å². The number of guanidine groups is 1. The number of ether oxygens (including phenoxy) is 1. The highest BCUT2D eigenvalue weighted by Crippen LogP contribution is 2.28. The smallest absolute Gasteiger partial charge is 0.246 e. The molecule has 6 nitrogen and oxygen atoms in total. The van der Waals surface area contributed by atoms with Gasteiger partial charge >= 0.3 is 0 Å². The molecule has 2 rings (SSSR count). The second-order valence-electron chi connectivity index (χ2n) is 2.79. The Morgan fingerprint density at radius 2 is 2.47 bits per heavy atom. The maximum atomic E-state index is 5.59. The van der Waals surface area contributed by atoms with Crippen LogP contribution in [-0.4, -0.2) is 24.3 Å². The Morgan fingerprint density at radius 1 is 1.67 bits per heavy atom. The zero-order valence-corrected chi connectivity index (χ0v) is 9.48. The number of hydrogen-bond donors (Lipinski definition) is 2. The summed E-state index contributed by atoms with van der Waals surface area (Å²) in [5, 5.41) is 2.84. The number of aromatic nitrogens is 1. The number of hydrogen-bond acceptors (Lipinski definition) is 6. The van der Waals surface area contributed by atoms with E-state index in [4.69, 9.17) is 14.9 Å². The Bertz CT molecular complexity index is 412. The summed E-state index contributed by atoms with van der Waals surface area (Å²) in [6, 6.07) is 0. The molecule has 0 fully saturated rings. The Balaban J connectivity index is 2.43. The highest BCUT2D eigenvalue weighted by molar-refractivity contribution is 9.11. The van der Waals surface area contributed by atoms with E-state index in [1.54, 1.807) is 7.11 Å². The zero-order valence-electron chi connectivity index (χ0n) is 7.90. The van der Waals surface area contributed by atoms with Crippen LogP contribution in [0, 0.1) is 0 Å². The minimum absolute atomic E-state index is 0.262. The van der Waals surface area contributed by atoms with Crippen molar-refractivity contribution in [2.24, 2.45) is 10.7 Å². The van der Waals surface area contributed by atoms with Crippen molar-refractivity contribution in [2.75, 3.05) is 7.11 Å². The molecule has 1 atom stereocenters. The molecule has 1 unspecified atom stereocenters. The predicted molar refractivity (Wildman–Crippen MR) is 57.9 cm³/mol. The van der Waals surface area contributed by atoms with Crippen molar-refractivity contribution < 1.29 is 9.15 Å². The summed E-state index contributed by atoms with van der Waals surface area (Å²) in [7, 11) is 1.56. The molecule has 1 aliphatic heterocycles. The van der Waals surface area contributed by atoms with Crippen LogP contribution >= 0.6 is 15.9 Å². The molecule has 0 amide bonds. The first-order chi connectivity index (χ1) is 7.22. The van der Waals surface area contributed by atoms with Crippen LogP contribution in [0.25, 0.3) is 5.70 Å². The molecule has 0 saturated carbocycles. The van der Waals surface area contributed by atoms with Crippen LogP contribution in [0.2, 0.25) is 0 Å². The lowest BCUT2D eigenvalue weighted by atomic mass is 10.3. The van der Waals surface area contributed by atoms with Crippen LogP contribution in [0.1, 0.15) is 5.89 Å². The summed E-state index contributed by atoms with van der Waals surface area (Å²) >= 11 is 3.36. The van der Waals surface area contributed by atoms with Crippen molar-refractivity contribution >= 4 is 27.6 Å². The summed E-state index contributed by atoms with van der Waals surface area (Å²) in [6.45, 7) is 0. The third-order valence-electron chi connectivity index (χ3n) is 1.84. The van der Waals surface area contributed by atoms with Crippen LogP contribution in [0.4, 0.5) is 0 Å². The van der Waals surface area contributed by atoms with Crippen LogP contribution in [0.15, 0.2) is 26.4 Å². The normalized spacial score (nSPS) is 21.2. The molecule has 2 heterocycles. The van der Waals surface area contributed by atoms with Crippen molar-refractivity contribution in [3.05, 3.63) is 22.8 Å². The van der Waals surface area contributed by atoms with Gasteiger partial charge in [0, 0.05) is 7.11 Å². The monoisotopic (exact) mass is 272 g/mol. The molecule has 80 valence electrons. The SMILES string of the molecule is COC1NC(N)=NC(c2ncco2)=C1Br. The Morgan fingerprint density at radius 3 is 3.07 bits per heavy atom. The third kappa shape index (κ3) is 1.88. The van der Waals surface area contributed by atoms with E-state index >= 15 is 0 Å². The van der Waals surface area contributed by atoms with E-state index in [9.17, 15) is 0 Å². The maximum Gasteiger partial charge on any atom is 0.246 e. The van der Waals surface area contributed by atoms with Crippen LogP contribution in [0.5, 0.6) is 0 Å². The number of nitrogens with one attached hydrogen (secondary N) is 1. The lowest BCUT2D eigenvalue weighted by molar-refractivity contribution is 0.126. The average molecular weight is 273 g/mol. The lowest BCUT2D eigenvalue weighted by Gasteiger charge is -2.22. The van der Waals surface area contributed by atoms with Crippen molar-refractivity contribution in [1.29, 1.82) is 0 Å². The van der Waals surface area contributed by atoms with Crippen molar-refractivity contribution in [1.82, 2.24) is 10.3 Å². The number of oxazole rings is 1. The van der Waals surface area contributed by atoms with E-state index in [1.165, 1.54) is 12.5 Å². The second-order valence-corrected chi connectivity index (χ2v) is 3.65. The summed E-state index contributed by atoms with van der Waals surface area (Å²) < 4.78 is 11.0. The molecular formula is C8H9BrN4O2. The van der Waals surface area contributed by atoms with Crippen molar-refractivity contribution in [3.8, 4) is 0 Å². The molecule has 15 heavy (non-hydrogen) atoms. The minimum atomic E-state index is -0.371. The van der Waals surface area contributed by atoms with E-state index in [1.807, 2.05) is 0 Å². The van der Waals surface area contributed by atoms with E-state index in [2.05, 4.69) is 31.2 Å². The van der Waals surface area contributed by atoms with Gasteiger partial charge in [-0.3, -0.25) is 0 Å². The first kappa shape index (κ1) is 10.2. The van der Waals surface area contributed by atoms with Crippen molar-refractivity contribution in [3.63, 3.8) is 0 Å². The summed E-state index contributed by atoms with van der Waals surface area (Å²) in [5.74, 6) is 0.659. The molecule has 0 aliphatic carbocycles. The van der Waals surface area contributed by atoms with Crippen LogP contribution < -0.4 is 11.1 Å². The fourth-order valence-corrected chi connectivity index (χ4v) is 1.74. The highest BCUT2D eigenvalue weighted by Gasteiger charge is 2.24. The molecule has 0 aromatic carbocycles. The van der Waals surface area contributed by atoms with Gasteiger partial charge in [-0.2, -0.15) is 0 Å². The van der Waals surface area contributed by atoms with Gasteiger partial charge in [0.25, 0.3) is 0 Å². The van der Waals surface area contributed by atoms with Gasteiger partial charge in [0.2, 0.25) is 5.89 Å². The van der Waals surface area contributed by atoms with E-state index in [0.717, 1.165) is 0 Å². The number of halogens is 1. The first-order valence-electron chi connectivity index (χ1n) is 4.15. The maximum absolute atomic E-state index is 5.59. The van der Waals surface area contributed by atoms with Crippen molar-refractivity contribution in [2.45, 2.75) is 6.23 Å². The molecule has 0 radical (unpaired) electrons. The van der Waals surface area contributed by atoms with Gasteiger partial charge in [0.1, 0.15) is 12.0 Å². The largest absolute Gasteiger partial charge is 0.443 e. The predicted octanol–water partition coefficient (Wildman–Crippen LogP) is 0.629. The molecule has 0 saturated heterocycles. The molecule has 3 N–H and O–H groups in total. The Hall–Kier alpha value is -1.34. The van der Waals surface area contributed by atoms with Crippen LogP contribution in [0.3, 0.4) is 0 Å². The van der Waals surface area contributed by atoms with Gasteiger partial charge in [-0.25, -0.2) is 9.98 Å².